The van der Waals surface area contributed by atoms with Crippen molar-refractivity contribution in [3.63, 3.8) is 0 Å². The van der Waals surface area contributed by atoms with Crippen molar-refractivity contribution < 1.29 is 4.74 Å². The molecule has 1 atom stereocenters. The molecule has 4 heteroatoms. The summed E-state index contributed by atoms with van der Waals surface area (Å²) in [6.45, 7) is 9.15. The van der Waals surface area contributed by atoms with E-state index in [0.29, 0.717) is 8.73 Å². The number of rotatable bonds is 5. The van der Waals surface area contributed by atoms with Crippen LogP contribution in [0, 0.1) is 0 Å². The van der Waals surface area contributed by atoms with Crippen molar-refractivity contribution in [1.29, 1.82) is 0 Å². The number of nitrogens with one attached hydrogen (secondary N) is 2. The van der Waals surface area contributed by atoms with Crippen LogP contribution in [0.5, 0.6) is 0 Å². The van der Waals surface area contributed by atoms with Gasteiger partial charge in [0.15, 0.2) is 0 Å². The molecule has 0 aromatic heterocycles. The lowest BCUT2D eigenvalue weighted by Gasteiger charge is -2.20. The van der Waals surface area contributed by atoms with Crippen LogP contribution in [-0.4, -0.2) is 18.5 Å². The topological polar surface area (TPSA) is 33.3 Å². The van der Waals surface area contributed by atoms with Crippen LogP contribution in [0.2, 0.25) is 0 Å². The van der Waals surface area contributed by atoms with E-state index in [1.54, 1.807) is 0 Å². The monoisotopic (exact) mass is 178 g/mol. The Morgan fingerprint density at radius 3 is 2.45 bits per heavy atom. The van der Waals surface area contributed by atoms with E-state index < -0.39 is 0 Å². The Morgan fingerprint density at radius 1 is 1.36 bits per heavy atom. The Bertz CT molecular complexity index is 92.9. The highest BCUT2D eigenvalue weighted by molar-refractivity contribution is 7.35. The quantitative estimate of drug-likeness (QED) is 0.380. The van der Waals surface area contributed by atoms with Gasteiger partial charge in [-0.05, 0) is 36.4 Å². The summed E-state index contributed by atoms with van der Waals surface area (Å²) in [7, 11) is 0.629. The van der Waals surface area contributed by atoms with E-state index in [1.807, 2.05) is 6.92 Å². The summed E-state index contributed by atoms with van der Waals surface area (Å²) in [5.74, 6) is 0. The third-order valence-electron chi connectivity index (χ3n) is 0.904. The molecule has 0 heterocycles. The van der Waals surface area contributed by atoms with Crippen LogP contribution in [0.4, 0.5) is 0 Å². The zero-order valence-corrected chi connectivity index (χ0v) is 8.82. The highest BCUT2D eigenvalue weighted by Gasteiger charge is 2.06. The average molecular weight is 178 g/mol. The van der Waals surface area contributed by atoms with Gasteiger partial charge in [0.05, 0.1) is 6.35 Å². The predicted molar refractivity (Wildman–Crippen MR) is 50.8 cm³/mol. The highest BCUT2D eigenvalue weighted by atomic mass is 31.1. The van der Waals surface area contributed by atoms with Gasteiger partial charge >= 0.3 is 0 Å². The molecule has 0 bridgehead atoms. The molecule has 0 saturated carbocycles. The third kappa shape index (κ3) is 10.3. The first kappa shape index (κ1) is 11.3. The molecular formula is C7H19N2OP. The largest absolute Gasteiger partial charge is 0.376 e. The number of ether oxygens (including phenoxy) is 1. The molecule has 0 aliphatic rings. The average Bonchev–Trinajstić information content (AvgIpc) is 1.85. The summed E-state index contributed by atoms with van der Waals surface area (Å²) in [5, 5.41) is 3.11. The van der Waals surface area contributed by atoms with Crippen LogP contribution in [0.15, 0.2) is 0 Å². The van der Waals surface area contributed by atoms with Crippen molar-refractivity contribution in [1.82, 2.24) is 10.6 Å². The molecule has 1 unspecified atom stereocenters. The minimum Gasteiger partial charge on any atom is -0.376 e. The SMILES string of the molecule is CCOCPNNC(C)(C)C. The fraction of sp³-hybridized carbons (Fsp3) is 1.00. The first-order chi connectivity index (χ1) is 5.06. The van der Waals surface area contributed by atoms with Crippen molar-refractivity contribution in [3.8, 4) is 0 Å². The molecule has 0 spiro atoms. The standard InChI is InChI=1S/C7H19N2OP/c1-5-10-6-11-9-8-7(2,3)4/h8-9,11H,5-6H2,1-4H3. The summed E-state index contributed by atoms with van der Waals surface area (Å²) in [6, 6.07) is 0. The highest BCUT2D eigenvalue weighted by Crippen LogP contribution is 2.03. The van der Waals surface area contributed by atoms with Gasteiger partial charge in [-0.25, -0.2) is 10.6 Å². The molecule has 0 saturated heterocycles. The van der Waals surface area contributed by atoms with Crippen molar-refractivity contribution >= 4 is 8.73 Å². The molecule has 11 heavy (non-hydrogen) atoms. The van der Waals surface area contributed by atoms with Crippen LogP contribution in [0.1, 0.15) is 27.7 Å². The maximum absolute atomic E-state index is 5.16. The molecule has 3 nitrogen and oxygen atoms in total. The van der Waals surface area contributed by atoms with E-state index in [0.717, 1.165) is 13.0 Å². The van der Waals surface area contributed by atoms with Gasteiger partial charge < -0.3 is 4.74 Å². The lowest BCUT2D eigenvalue weighted by atomic mass is 10.1. The minimum absolute atomic E-state index is 0.138. The van der Waals surface area contributed by atoms with E-state index in [9.17, 15) is 0 Å². The second kappa shape index (κ2) is 5.90. The lowest BCUT2D eigenvalue weighted by molar-refractivity contribution is 0.196. The first-order valence-corrected chi connectivity index (χ1v) is 5.10. The summed E-state index contributed by atoms with van der Waals surface area (Å²) in [4.78, 5) is 0. The van der Waals surface area contributed by atoms with Crippen LogP contribution in [0.25, 0.3) is 0 Å². The lowest BCUT2D eigenvalue weighted by Crippen LogP contribution is -2.42. The number of hydrazine groups is 1. The van der Waals surface area contributed by atoms with Gasteiger partial charge in [-0.3, -0.25) is 0 Å². The normalized spacial score (nSPS) is 13.1. The fourth-order valence-corrected chi connectivity index (χ4v) is 1.26. The Kier molecular flexibility index (Phi) is 6.06. The first-order valence-electron chi connectivity index (χ1n) is 3.89. The van der Waals surface area contributed by atoms with Crippen LogP contribution >= 0.6 is 8.73 Å². The summed E-state index contributed by atoms with van der Waals surface area (Å²) in [6.07, 6.45) is 0.791. The van der Waals surface area contributed by atoms with E-state index in [4.69, 9.17) is 4.74 Å². The second-order valence-electron chi connectivity index (χ2n) is 3.31. The van der Waals surface area contributed by atoms with Crippen molar-refractivity contribution in [2.24, 2.45) is 0 Å². The van der Waals surface area contributed by atoms with Gasteiger partial charge in [0, 0.05) is 12.1 Å². The second-order valence-corrected chi connectivity index (χ2v) is 4.21. The van der Waals surface area contributed by atoms with Crippen molar-refractivity contribution in [3.05, 3.63) is 0 Å². The number of hydrogen-bond donors (Lipinski definition) is 2. The molecule has 0 aliphatic heterocycles. The molecule has 0 aromatic rings. The summed E-state index contributed by atoms with van der Waals surface area (Å²) in [5.41, 5.74) is 3.30. The Morgan fingerprint density at radius 2 is 2.00 bits per heavy atom. The van der Waals surface area contributed by atoms with Gasteiger partial charge in [0.25, 0.3) is 0 Å². The maximum atomic E-state index is 5.16. The Labute approximate surface area is 71.1 Å². The fourth-order valence-electron chi connectivity index (χ4n) is 0.421. The van der Waals surface area contributed by atoms with Crippen molar-refractivity contribution in [2.45, 2.75) is 33.2 Å². The van der Waals surface area contributed by atoms with Crippen LogP contribution < -0.4 is 10.6 Å². The van der Waals surface area contributed by atoms with E-state index in [2.05, 4.69) is 31.4 Å². The molecular weight excluding hydrogens is 159 g/mol. The molecule has 0 amide bonds. The van der Waals surface area contributed by atoms with E-state index >= 15 is 0 Å². The summed E-state index contributed by atoms with van der Waals surface area (Å²) < 4.78 is 5.16. The summed E-state index contributed by atoms with van der Waals surface area (Å²) >= 11 is 0. The predicted octanol–water partition coefficient (Wildman–Crippen LogP) is 1.47. The molecule has 0 fully saturated rings. The molecule has 0 rings (SSSR count). The van der Waals surface area contributed by atoms with Gasteiger partial charge in [0.1, 0.15) is 0 Å². The number of hydrogen-bond acceptors (Lipinski definition) is 3. The van der Waals surface area contributed by atoms with E-state index in [-0.39, 0.29) is 5.54 Å². The Balaban J connectivity index is 3.02. The van der Waals surface area contributed by atoms with Crippen molar-refractivity contribution in [2.75, 3.05) is 13.0 Å². The smallest absolute Gasteiger partial charge is 0.0778 e. The molecule has 2 N–H and O–H groups in total. The van der Waals surface area contributed by atoms with Gasteiger partial charge in [-0.1, -0.05) is 0 Å². The van der Waals surface area contributed by atoms with Gasteiger partial charge in [0.2, 0.25) is 0 Å². The molecule has 0 radical (unpaired) electrons. The Hall–Kier alpha value is 0.310. The zero-order valence-electron chi connectivity index (χ0n) is 7.82. The van der Waals surface area contributed by atoms with E-state index in [1.165, 1.54) is 0 Å². The maximum Gasteiger partial charge on any atom is 0.0778 e. The van der Waals surface area contributed by atoms with Crippen LogP contribution in [-0.2, 0) is 4.74 Å². The molecule has 68 valence electrons. The minimum atomic E-state index is 0.138. The molecule has 0 aromatic carbocycles. The van der Waals surface area contributed by atoms with Crippen LogP contribution in [0.3, 0.4) is 0 Å². The molecule has 0 aliphatic carbocycles. The zero-order chi connectivity index (χ0) is 8.74. The van der Waals surface area contributed by atoms with Gasteiger partial charge in [-0.2, -0.15) is 0 Å². The third-order valence-corrected chi connectivity index (χ3v) is 1.55. The van der Waals surface area contributed by atoms with Gasteiger partial charge in [-0.15, -0.1) is 0 Å².